The number of likely N-dealkylation sites (tertiary alicyclic amines) is 1. The number of aliphatic carboxylic acids is 1. The van der Waals surface area contributed by atoms with Crippen LogP contribution in [0.5, 0.6) is 0 Å². The van der Waals surface area contributed by atoms with Gasteiger partial charge in [0.2, 0.25) is 0 Å². The monoisotopic (exact) mass is 402 g/mol. The summed E-state index contributed by atoms with van der Waals surface area (Å²) in [6.07, 6.45) is 1.69. The molecular weight excluding hydrogens is 368 g/mol. The number of nitrogens with zero attached hydrogens (tertiary/aromatic N) is 3. The minimum Gasteiger partial charge on any atom is -0.481 e. The molecule has 0 aliphatic carbocycles. The number of nitrogens with one attached hydrogen (secondary N) is 1. The molecule has 2 aliphatic heterocycles. The number of hydrogen-bond acceptors (Lipinski definition) is 4. The van der Waals surface area contributed by atoms with E-state index in [1.807, 2.05) is 36.1 Å². The Morgan fingerprint density at radius 2 is 1.79 bits per heavy atom. The summed E-state index contributed by atoms with van der Waals surface area (Å²) in [6.45, 7) is 8.03. The lowest BCUT2D eigenvalue weighted by Gasteiger charge is -2.46. The maximum atomic E-state index is 12.7. The fourth-order valence-corrected chi connectivity index (χ4v) is 4.43. The largest absolute Gasteiger partial charge is 0.481 e. The van der Waals surface area contributed by atoms with E-state index in [0.717, 1.165) is 44.7 Å². The van der Waals surface area contributed by atoms with Crippen LogP contribution in [0.4, 0.5) is 4.79 Å². The average Bonchev–Trinajstić information content (AvgIpc) is 2.72. The number of rotatable bonds is 6. The van der Waals surface area contributed by atoms with Gasteiger partial charge >= 0.3 is 12.0 Å². The summed E-state index contributed by atoms with van der Waals surface area (Å²) in [5.74, 6) is -0.559. The first-order chi connectivity index (χ1) is 13.9. The average molecular weight is 403 g/mol. The molecule has 2 aliphatic rings. The Bertz CT molecular complexity index is 686. The van der Waals surface area contributed by atoms with Crippen LogP contribution in [0.2, 0.25) is 0 Å². The molecule has 0 spiro atoms. The third-order valence-corrected chi connectivity index (χ3v) is 6.28. The molecule has 0 saturated carbocycles. The molecule has 7 nitrogen and oxygen atoms in total. The van der Waals surface area contributed by atoms with Crippen LogP contribution in [0.1, 0.15) is 30.4 Å². The molecule has 2 N–H and O–H groups in total. The zero-order valence-corrected chi connectivity index (χ0v) is 17.6. The number of urea groups is 1. The smallest absolute Gasteiger partial charge is 0.317 e. The van der Waals surface area contributed by atoms with Gasteiger partial charge < -0.3 is 20.2 Å². The highest BCUT2D eigenvalue weighted by Gasteiger charge is 2.35. The van der Waals surface area contributed by atoms with Crippen LogP contribution in [0.3, 0.4) is 0 Å². The lowest BCUT2D eigenvalue weighted by Crippen LogP contribution is -2.57. The molecule has 7 heteroatoms. The number of carbonyl (C=O) groups excluding carboxylic acids is 1. The van der Waals surface area contributed by atoms with E-state index in [1.165, 1.54) is 5.56 Å². The highest BCUT2D eigenvalue weighted by molar-refractivity contribution is 5.74. The third kappa shape index (κ3) is 6.18. The van der Waals surface area contributed by atoms with Crippen LogP contribution in [0.25, 0.3) is 0 Å². The number of aryl methyl sites for hydroxylation is 1. The second kappa shape index (κ2) is 10.1. The first kappa shape index (κ1) is 21.6. The molecule has 0 radical (unpaired) electrons. The summed E-state index contributed by atoms with van der Waals surface area (Å²) in [5, 5.41) is 12.2. The van der Waals surface area contributed by atoms with Crippen molar-refractivity contribution in [2.45, 2.75) is 38.8 Å². The van der Waals surface area contributed by atoms with Crippen LogP contribution in [0, 0.1) is 12.8 Å². The molecule has 1 aromatic carbocycles. The van der Waals surface area contributed by atoms with Gasteiger partial charge in [0.05, 0.1) is 0 Å². The van der Waals surface area contributed by atoms with Crippen LogP contribution in [0.15, 0.2) is 24.3 Å². The lowest BCUT2D eigenvalue weighted by molar-refractivity contribution is -0.137. The topological polar surface area (TPSA) is 76.1 Å². The second-order valence-corrected chi connectivity index (χ2v) is 8.48. The van der Waals surface area contributed by atoms with Crippen LogP contribution in [-0.2, 0) is 11.3 Å². The number of amides is 2. The van der Waals surface area contributed by atoms with E-state index in [0.29, 0.717) is 25.6 Å². The minimum absolute atomic E-state index is 0.0530. The summed E-state index contributed by atoms with van der Waals surface area (Å²) in [4.78, 5) is 30.6. The zero-order chi connectivity index (χ0) is 20.8. The number of piperidine rings is 1. The maximum absolute atomic E-state index is 12.7. The molecule has 2 heterocycles. The number of hydrogen-bond donors (Lipinski definition) is 2. The Hall–Kier alpha value is -2.12. The lowest BCUT2D eigenvalue weighted by atomic mass is 9.86. The Balaban J connectivity index is 1.57. The van der Waals surface area contributed by atoms with Gasteiger partial charge in [-0.05, 0) is 38.3 Å². The van der Waals surface area contributed by atoms with Gasteiger partial charge in [-0.1, -0.05) is 29.8 Å². The van der Waals surface area contributed by atoms with Crippen molar-refractivity contribution >= 4 is 12.0 Å². The van der Waals surface area contributed by atoms with E-state index in [9.17, 15) is 9.59 Å². The predicted molar refractivity (Wildman–Crippen MR) is 113 cm³/mol. The number of benzene rings is 1. The fraction of sp³-hybridized carbons (Fsp3) is 0.636. The van der Waals surface area contributed by atoms with Gasteiger partial charge in [-0.3, -0.25) is 9.69 Å². The van der Waals surface area contributed by atoms with Crippen molar-refractivity contribution in [3.05, 3.63) is 35.4 Å². The van der Waals surface area contributed by atoms with Crippen LogP contribution < -0.4 is 5.32 Å². The van der Waals surface area contributed by atoms with E-state index in [1.54, 1.807) is 0 Å². The molecule has 2 atom stereocenters. The highest BCUT2D eigenvalue weighted by atomic mass is 16.4. The molecule has 0 bridgehead atoms. The van der Waals surface area contributed by atoms with Gasteiger partial charge in [0.25, 0.3) is 0 Å². The molecule has 160 valence electrons. The second-order valence-electron chi connectivity index (χ2n) is 8.48. The van der Waals surface area contributed by atoms with Gasteiger partial charge in [-0.25, -0.2) is 4.79 Å². The summed E-state index contributed by atoms with van der Waals surface area (Å²) in [6, 6.07) is 8.47. The van der Waals surface area contributed by atoms with Crippen LogP contribution in [-0.4, -0.2) is 84.2 Å². The van der Waals surface area contributed by atoms with Gasteiger partial charge in [0.15, 0.2) is 0 Å². The number of carbonyl (C=O) groups is 2. The van der Waals surface area contributed by atoms with E-state index in [-0.39, 0.29) is 18.4 Å². The Kier molecular flexibility index (Phi) is 7.50. The van der Waals surface area contributed by atoms with E-state index in [4.69, 9.17) is 5.11 Å². The molecule has 2 fully saturated rings. The predicted octanol–water partition coefficient (Wildman–Crippen LogP) is 2.01. The first-order valence-corrected chi connectivity index (χ1v) is 10.6. The highest BCUT2D eigenvalue weighted by Crippen LogP contribution is 2.27. The number of carboxylic acids is 1. The van der Waals surface area contributed by atoms with Crippen LogP contribution >= 0.6 is 0 Å². The first-order valence-electron chi connectivity index (χ1n) is 10.6. The van der Waals surface area contributed by atoms with Gasteiger partial charge in [0.1, 0.15) is 0 Å². The van der Waals surface area contributed by atoms with Gasteiger partial charge in [-0.2, -0.15) is 0 Å². The molecular formula is C22H34N4O3. The normalized spacial score (nSPS) is 23.7. The molecule has 0 unspecified atom stereocenters. The quantitative estimate of drug-likeness (QED) is 0.761. The number of likely N-dealkylation sites (N-methyl/N-ethyl adjacent to an activating group) is 1. The van der Waals surface area contributed by atoms with Crippen molar-refractivity contribution in [2.24, 2.45) is 5.92 Å². The van der Waals surface area contributed by atoms with Crippen molar-refractivity contribution in [3.63, 3.8) is 0 Å². The van der Waals surface area contributed by atoms with Crippen molar-refractivity contribution < 1.29 is 14.7 Å². The maximum Gasteiger partial charge on any atom is 0.317 e. The SMILES string of the molecule is Cc1ccc(CNC(=O)N2CC[C@H](N3CCN(C)CC3)[C@H](CCC(=O)O)C2)cc1. The summed E-state index contributed by atoms with van der Waals surface area (Å²) in [7, 11) is 2.14. The van der Waals surface area contributed by atoms with Crippen molar-refractivity contribution in [1.29, 1.82) is 0 Å². The van der Waals surface area contributed by atoms with Crippen molar-refractivity contribution in [3.8, 4) is 0 Å². The molecule has 0 aromatic heterocycles. The summed E-state index contributed by atoms with van der Waals surface area (Å²) in [5.41, 5.74) is 2.28. The molecule has 2 saturated heterocycles. The molecule has 2 amide bonds. The minimum atomic E-state index is -0.761. The molecule has 1 aromatic rings. The molecule has 3 rings (SSSR count). The van der Waals surface area contributed by atoms with Gasteiger partial charge in [-0.15, -0.1) is 0 Å². The number of carboxylic acid groups (broad SMARTS) is 1. The third-order valence-electron chi connectivity index (χ3n) is 6.28. The van der Waals surface area contributed by atoms with Crippen molar-refractivity contribution in [1.82, 2.24) is 20.0 Å². The fourth-order valence-electron chi connectivity index (χ4n) is 4.43. The standard InChI is InChI=1S/C22H34N4O3/c1-17-3-5-18(6-4-17)15-23-22(29)26-10-9-20(19(16-26)7-8-21(27)28)25-13-11-24(2)12-14-25/h3-6,19-20H,7-16H2,1-2H3,(H,23,29)(H,27,28)/t19-,20+/m1/s1. The van der Waals surface area contributed by atoms with E-state index in [2.05, 4.69) is 22.2 Å². The summed E-state index contributed by atoms with van der Waals surface area (Å²) >= 11 is 0. The molecule has 29 heavy (non-hydrogen) atoms. The van der Waals surface area contributed by atoms with Gasteiger partial charge in [0, 0.05) is 58.3 Å². The van der Waals surface area contributed by atoms with Crippen molar-refractivity contribution in [2.75, 3.05) is 46.3 Å². The zero-order valence-electron chi connectivity index (χ0n) is 17.6. The Morgan fingerprint density at radius 3 is 2.45 bits per heavy atom. The summed E-state index contributed by atoms with van der Waals surface area (Å²) < 4.78 is 0. The van der Waals surface area contributed by atoms with E-state index < -0.39 is 5.97 Å². The van der Waals surface area contributed by atoms with E-state index >= 15 is 0 Å². The number of piperazine rings is 1. The Morgan fingerprint density at radius 1 is 1.10 bits per heavy atom. The Labute approximate surface area is 173 Å².